The molecule has 0 amide bonds. The van der Waals surface area contributed by atoms with Gasteiger partial charge in [-0.15, -0.1) is 24.0 Å². The maximum atomic E-state index is 5.54. The first-order valence-corrected chi connectivity index (χ1v) is 9.78. The number of likely N-dealkylation sites (N-methyl/N-ethyl adjacent to an activating group) is 1. The number of nitrogens with one attached hydrogen (secondary N) is 2. The summed E-state index contributed by atoms with van der Waals surface area (Å²) >= 11 is 0. The van der Waals surface area contributed by atoms with Crippen molar-refractivity contribution in [3.8, 4) is 0 Å². The Bertz CT molecular complexity index is 387. The van der Waals surface area contributed by atoms with Crippen LogP contribution in [0, 0.1) is 0 Å². The van der Waals surface area contributed by atoms with Crippen LogP contribution in [0.3, 0.4) is 0 Å². The van der Waals surface area contributed by atoms with Crippen molar-refractivity contribution in [1.29, 1.82) is 0 Å². The van der Waals surface area contributed by atoms with Gasteiger partial charge in [0.05, 0.1) is 0 Å². The fourth-order valence-electron chi connectivity index (χ4n) is 3.58. The Hall–Kier alpha value is -0.120. The van der Waals surface area contributed by atoms with Crippen molar-refractivity contribution in [2.45, 2.75) is 64.6 Å². The van der Waals surface area contributed by atoms with Crippen molar-refractivity contribution in [3.05, 3.63) is 0 Å². The molecule has 0 spiro atoms. The molecule has 0 aromatic heterocycles. The predicted molar refractivity (Wildman–Crippen MR) is 123 cm³/mol. The average Bonchev–Trinajstić information content (AvgIpc) is 2.57. The van der Waals surface area contributed by atoms with Crippen LogP contribution in [0.15, 0.2) is 4.99 Å². The van der Waals surface area contributed by atoms with E-state index in [1.165, 1.54) is 0 Å². The molecular weight excluding hydrogens is 441 g/mol. The molecule has 1 aliphatic rings. The van der Waals surface area contributed by atoms with E-state index in [-0.39, 0.29) is 29.5 Å². The highest BCUT2D eigenvalue weighted by atomic mass is 127. The van der Waals surface area contributed by atoms with Crippen LogP contribution < -0.4 is 10.6 Å². The van der Waals surface area contributed by atoms with Gasteiger partial charge in [-0.05, 0) is 61.1 Å². The highest BCUT2D eigenvalue weighted by molar-refractivity contribution is 14.0. The van der Waals surface area contributed by atoms with E-state index in [0.29, 0.717) is 12.1 Å². The average molecular weight is 483 g/mol. The Balaban J connectivity index is 0.00000625. The van der Waals surface area contributed by atoms with Crippen LogP contribution in [-0.2, 0) is 4.74 Å². The van der Waals surface area contributed by atoms with Gasteiger partial charge in [-0.25, -0.2) is 0 Å². The number of hydrogen-bond donors (Lipinski definition) is 2. The molecule has 0 saturated carbocycles. The molecule has 7 heteroatoms. The molecule has 0 aromatic carbocycles. The number of nitrogens with zero attached hydrogens (tertiary/aromatic N) is 3. The molecule has 0 aromatic rings. The summed E-state index contributed by atoms with van der Waals surface area (Å²) in [6.45, 7) is 13.7. The Kier molecular flexibility index (Phi) is 13.1. The Morgan fingerprint density at radius 3 is 2.12 bits per heavy atom. The van der Waals surface area contributed by atoms with Crippen molar-refractivity contribution in [1.82, 2.24) is 20.4 Å². The van der Waals surface area contributed by atoms with E-state index < -0.39 is 0 Å². The minimum absolute atomic E-state index is 0. The number of aliphatic imine (C=N–C) groups is 1. The van der Waals surface area contributed by atoms with Crippen LogP contribution in [0.4, 0.5) is 0 Å². The third-order valence-electron chi connectivity index (χ3n) is 5.39. The molecule has 1 heterocycles. The lowest BCUT2D eigenvalue weighted by atomic mass is 9.88. The van der Waals surface area contributed by atoms with Gasteiger partial charge in [-0.1, -0.05) is 0 Å². The topological polar surface area (TPSA) is 52.1 Å². The third-order valence-corrected chi connectivity index (χ3v) is 5.39. The van der Waals surface area contributed by atoms with Crippen LogP contribution in [0.1, 0.15) is 47.0 Å². The fraction of sp³-hybridized carbons (Fsp3) is 0.947. The highest BCUT2D eigenvalue weighted by Crippen LogP contribution is 2.24. The van der Waals surface area contributed by atoms with Crippen LogP contribution in [-0.4, -0.2) is 87.4 Å². The Morgan fingerprint density at radius 2 is 1.65 bits per heavy atom. The standard InChI is InChI=1S/C19H41N5O.HI/c1-16(2)24(17(3)4)12-8-11-21-18(20-5)22-15-19(23(6)7)9-13-25-14-10-19;/h16-17H,8-15H2,1-7H3,(H2,20,21,22);1H. The predicted octanol–water partition coefficient (Wildman–Crippen LogP) is 2.39. The molecule has 1 aliphatic heterocycles. The Labute approximate surface area is 178 Å². The molecule has 2 N–H and O–H groups in total. The van der Waals surface area contributed by atoms with Crippen molar-refractivity contribution in [2.75, 3.05) is 54.0 Å². The summed E-state index contributed by atoms with van der Waals surface area (Å²) in [5.41, 5.74) is 0.155. The summed E-state index contributed by atoms with van der Waals surface area (Å²) in [4.78, 5) is 9.24. The maximum Gasteiger partial charge on any atom is 0.191 e. The van der Waals surface area contributed by atoms with Gasteiger partial charge in [-0.2, -0.15) is 0 Å². The quantitative estimate of drug-likeness (QED) is 0.228. The molecule has 0 bridgehead atoms. The van der Waals surface area contributed by atoms with Gasteiger partial charge < -0.3 is 20.3 Å². The van der Waals surface area contributed by atoms with E-state index in [0.717, 1.165) is 58.1 Å². The number of halogens is 1. The van der Waals surface area contributed by atoms with E-state index in [1.807, 2.05) is 7.05 Å². The molecule has 0 atom stereocenters. The molecule has 0 unspecified atom stereocenters. The van der Waals surface area contributed by atoms with Crippen LogP contribution in [0.25, 0.3) is 0 Å². The SMILES string of the molecule is CN=C(NCCCN(C(C)C)C(C)C)NCC1(N(C)C)CCOCC1.I. The van der Waals surface area contributed by atoms with E-state index in [9.17, 15) is 0 Å². The fourth-order valence-corrected chi connectivity index (χ4v) is 3.58. The molecule has 156 valence electrons. The van der Waals surface area contributed by atoms with E-state index in [4.69, 9.17) is 4.74 Å². The zero-order valence-corrected chi connectivity index (χ0v) is 20.3. The minimum Gasteiger partial charge on any atom is -0.381 e. The van der Waals surface area contributed by atoms with Crippen molar-refractivity contribution < 1.29 is 4.74 Å². The molecule has 1 rings (SSSR count). The second-order valence-corrected chi connectivity index (χ2v) is 7.86. The zero-order valence-electron chi connectivity index (χ0n) is 18.0. The van der Waals surface area contributed by atoms with Gasteiger partial charge in [-0.3, -0.25) is 9.89 Å². The first kappa shape index (κ1) is 25.9. The van der Waals surface area contributed by atoms with Crippen molar-refractivity contribution >= 4 is 29.9 Å². The zero-order chi connectivity index (χ0) is 18.9. The lowest BCUT2D eigenvalue weighted by molar-refractivity contribution is -0.00501. The van der Waals surface area contributed by atoms with Gasteiger partial charge >= 0.3 is 0 Å². The van der Waals surface area contributed by atoms with Crippen LogP contribution in [0.5, 0.6) is 0 Å². The van der Waals surface area contributed by atoms with E-state index in [2.05, 4.69) is 67.2 Å². The second-order valence-electron chi connectivity index (χ2n) is 7.86. The van der Waals surface area contributed by atoms with Gasteiger partial charge in [0.15, 0.2) is 5.96 Å². The van der Waals surface area contributed by atoms with Gasteiger partial charge in [0.1, 0.15) is 0 Å². The summed E-state index contributed by atoms with van der Waals surface area (Å²) in [7, 11) is 6.17. The number of hydrogen-bond acceptors (Lipinski definition) is 4. The normalized spacial score (nSPS) is 17.7. The lowest BCUT2D eigenvalue weighted by Crippen LogP contribution is -2.57. The van der Waals surface area contributed by atoms with Crippen LogP contribution in [0.2, 0.25) is 0 Å². The Morgan fingerprint density at radius 1 is 1.08 bits per heavy atom. The van der Waals surface area contributed by atoms with E-state index in [1.54, 1.807) is 0 Å². The molecule has 0 aliphatic carbocycles. The molecule has 0 radical (unpaired) electrons. The van der Waals surface area contributed by atoms with Crippen molar-refractivity contribution in [3.63, 3.8) is 0 Å². The highest BCUT2D eigenvalue weighted by Gasteiger charge is 2.34. The molecule has 6 nitrogen and oxygen atoms in total. The molecule has 1 saturated heterocycles. The smallest absolute Gasteiger partial charge is 0.191 e. The second kappa shape index (κ2) is 13.1. The number of guanidine groups is 1. The van der Waals surface area contributed by atoms with Gasteiger partial charge in [0, 0.05) is 57.5 Å². The van der Waals surface area contributed by atoms with Gasteiger partial charge in [0.25, 0.3) is 0 Å². The summed E-state index contributed by atoms with van der Waals surface area (Å²) in [6.07, 6.45) is 3.23. The number of rotatable bonds is 9. The summed E-state index contributed by atoms with van der Waals surface area (Å²) in [5.74, 6) is 0.897. The minimum atomic E-state index is 0. The monoisotopic (exact) mass is 483 g/mol. The van der Waals surface area contributed by atoms with Crippen LogP contribution >= 0.6 is 24.0 Å². The lowest BCUT2D eigenvalue weighted by Gasteiger charge is -2.43. The molecule has 1 fully saturated rings. The molecular formula is C19H42IN5O. The largest absolute Gasteiger partial charge is 0.381 e. The number of ether oxygens (including phenoxy) is 1. The van der Waals surface area contributed by atoms with E-state index >= 15 is 0 Å². The first-order chi connectivity index (χ1) is 11.8. The summed E-state index contributed by atoms with van der Waals surface area (Å²) in [5, 5.41) is 6.98. The van der Waals surface area contributed by atoms with Crippen molar-refractivity contribution in [2.24, 2.45) is 4.99 Å². The van der Waals surface area contributed by atoms with Gasteiger partial charge in [0.2, 0.25) is 0 Å². The summed E-state index contributed by atoms with van der Waals surface area (Å²) < 4.78 is 5.54. The molecule has 26 heavy (non-hydrogen) atoms. The first-order valence-electron chi connectivity index (χ1n) is 9.78. The maximum absolute atomic E-state index is 5.54. The summed E-state index contributed by atoms with van der Waals surface area (Å²) in [6, 6.07) is 1.18. The third kappa shape index (κ3) is 8.27.